The normalized spacial score (nSPS) is 13.2. The second-order valence-corrected chi connectivity index (χ2v) is 6.81. The number of sulfone groups is 1. The largest absolute Gasteiger partial charge is 0.329 e. The lowest BCUT2D eigenvalue weighted by molar-refractivity contribution is 0.568. The second kappa shape index (κ2) is 5.91. The third-order valence-corrected chi connectivity index (χ3v) is 5.36. The SMILES string of the molecule is NC[C@@H](c1ccccc1F)S(=O)(=O)c1ccc(Cl)cc1. The highest BCUT2D eigenvalue weighted by Gasteiger charge is 2.29. The molecule has 2 rings (SSSR count). The van der Waals surface area contributed by atoms with Crippen molar-refractivity contribution in [3.63, 3.8) is 0 Å². The fraction of sp³-hybridized carbons (Fsp3) is 0.143. The maximum Gasteiger partial charge on any atom is 0.186 e. The second-order valence-electron chi connectivity index (χ2n) is 4.24. The van der Waals surface area contributed by atoms with Gasteiger partial charge in [-0.3, -0.25) is 0 Å². The van der Waals surface area contributed by atoms with Gasteiger partial charge in [0.15, 0.2) is 9.84 Å². The van der Waals surface area contributed by atoms with Crippen molar-refractivity contribution in [2.45, 2.75) is 10.1 Å². The van der Waals surface area contributed by atoms with Gasteiger partial charge in [0.25, 0.3) is 0 Å². The first-order valence-corrected chi connectivity index (χ1v) is 7.83. The zero-order valence-corrected chi connectivity index (χ0v) is 12.0. The Labute approximate surface area is 122 Å². The Hall–Kier alpha value is -1.43. The quantitative estimate of drug-likeness (QED) is 0.944. The van der Waals surface area contributed by atoms with E-state index >= 15 is 0 Å². The van der Waals surface area contributed by atoms with E-state index < -0.39 is 20.9 Å². The Morgan fingerprint density at radius 2 is 1.70 bits per heavy atom. The highest BCUT2D eigenvalue weighted by Crippen LogP contribution is 2.30. The molecule has 0 fully saturated rings. The van der Waals surface area contributed by atoms with Crippen molar-refractivity contribution in [1.29, 1.82) is 0 Å². The van der Waals surface area contributed by atoms with E-state index in [0.29, 0.717) is 5.02 Å². The van der Waals surface area contributed by atoms with E-state index in [4.69, 9.17) is 17.3 Å². The lowest BCUT2D eigenvalue weighted by Gasteiger charge is -2.17. The molecule has 0 spiro atoms. The van der Waals surface area contributed by atoms with Crippen LogP contribution in [0.15, 0.2) is 53.4 Å². The number of hydrogen-bond donors (Lipinski definition) is 1. The van der Waals surface area contributed by atoms with Gasteiger partial charge in [-0.05, 0) is 30.3 Å². The van der Waals surface area contributed by atoms with Crippen LogP contribution in [-0.4, -0.2) is 15.0 Å². The molecule has 2 aromatic rings. The molecule has 3 nitrogen and oxygen atoms in total. The topological polar surface area (TPSA) is 60.2 Å². The molecule has 2 aromatic carbocycles. The Bertz CT molecular complexity index is 701. The van der Waals surface area contributed by atoms with Gasteiger partial charge in [0.05, 0.1) is 4.90 Å². The van der Waals surface area contributed by atoms with Gasteiger partial charge in [-0.2, -0.15) is 0 Å². The predicted molar refractivity (Wildman–Crippen MR) is 76.8 cm³/mol. The van der Waals surface area contributed by atoms with E-state index in [9.17, 15) is 12.8 Å². The molecule has 106 valence electrons. The molecule has 6 heteroatoms. The summed E-state index contributed by atoms with van der Waals surface area (Å²) in [4.78, 5) is 0.0700. The van der Waals surface area contributed by atoms with Crippen LogP contribution in [0.5, 0.6) is 0 Å². The van der Waals surface area contributed by atoms with Gasteiger partial charge in [-0.1, -0.05) is 29.8 Å². The van der Waals surface area contributed by atoms with Gasteiger partial charge in [-0.25, -0.2) is 12.8 Å². The minimum atomic E-state index is -3.77. The first-order chi connectivity index (χ1) is 9.46. The molecule has 0 aliphatic carbocycles. The Balaban J connectivity index is 2.51. The molecule has 0 saturated carbocycles. The van der Waals surface area contributed by atoms with Gasteiger partial charge in [-0.15, -0.1) is 0 Å². The number of halogens is 2. The zero-order chi connectivity index (χ0) is 14.8. The molecule has 1 atom stereocenters. The number of rotatable bonds is 4. The Morgan fingerprint density at radius 3 is 2.25 bits per heavy atom. The summed E-state index contributed by atoms with van der Waals surface area (Å²) in [6, 6.07) is 11.5. The minimum absolute atomic E-state index is 0.0700. The van der Waals surface area contributed by atoms with Crippen molar-refractivity contribution >= 4 is 21.4 Å². The first kappa shape index (κ1) is 15.0. The van der Waals surface area contributed by atoms with E-state index in [0.717, 1.165) is 0 Å². The average Bonchev–Trinajstić information content (AvgIpc) is 2.42. The summed E-state index contributed by atoms with van der Waals surface area (Å²) >= 11 is 5.74. The van der Waals surface area contributed by atoms with Crippen LogP contribution in [0.1, 0.15) is 10.8 Å². The van der Waals surface area contributed by atoms with Gasteiger partial charge in [0, 0.05) is 17.1 Å². The van der Waals surface area contributed by atoms with Crippen LogP contribution in [0.2, 0.25) is 5.02 Å². The predicted octanol–water partition coefficient (Wildman–Crippen LogP) is 2.95. The molecule has 0 aliphatic heterocycles. The lowest BCUT2D eigenvalue weighted by atomic mass is 10.1. The van der Waals surface area contributed by atoms with Crippen LogP contribution in [0, 0.1) is 5.82 Å². The third-order valence-electron chi connectivity index (χ3n) is 2.98. The van der Waals surface area contributed by atoms with Crippen molar-refractivity contribution in [2.75, 3.05) is 6.54 Å². The van der Waals surface area contributed by atoms with E-state index in [1.165, 1.54) is 42.5 Å². The molecule has 0 saturated heterocycles. The van der Waals surface area contributed by atoms with Gasteiger partial charge in [0.1, 0.15) is 11.1 Å². The molecule has 0 bridgehead atoms. The van der Waals surface area contributed by atoms with Crippen LogP contribution in [-0.2, 0) is 9.84 Å². The van der Waals surface area contributed by atoms with E-state index in [2.05, 4.69) is 0 Å². The van der Waals surface area contributed by atoms with Crippen LogP contribution < -0.4 is 5.73 Å². The summed E-state index contributed by atoms with van der Waals surface area (Å²) in [6.07, 6.45) is 0. The van der Waals surface area contributed by atoms with Crippen LogP contribution >= 0.6 is 11.6 Å². The Kier molecular flexibility index (Phi) is 4.42. The van der Waals surface area contributed by atoms with Crippen LogP contribution in [0.4, 0.5) is 4.39 Å². The maximum atomic E-state index is 13.8. The lowest BCUT2D eigenvalue weighted by Crippen LogP contribution is -2.23. The van der Waals surface area contributed by atoms with Gasteiger partial charge in [0.2, 0.25) is 0 Å². The smallest absolute Gasteiger partial charge is 0.186 e. The summed E-state index contributed by atoms with van der Waals surface area (Å²) in [5.74, 6) is -0.583. The van der Waals surface area contributed by atoms with Gasteiger partial charge >= 0.3 is 0 Å². The molecular formula is C14H13ClFNO2S. The van der Waals surface area contributed by atoms with E-state index in [1.807, 2.05) is 0 Å². The summed E-state index contributed by atoms with van der Waals surface area (Å²) < 4.78 is 38.9. The summed E-state index contributed by atoms with van der Waals surface area (Å²) in [7, 11) is -3.77. The first-order valence-electron chi connectivity index (χ1n) is 5.91. The van der Waals surface area contributed by atoms with Crippen molar-refractivity contribution in [3.8, 4) is 0 Å². The molecule has 0 aliphatic rings. The third kappa shape index (κ3) is 2.85. The van der Waals surface area contributed by atoms with Crippen LogP contribution in [0.25, 0.3) is 0 Å². The van der Waals surface area contributed by atoms with Crippen molar-refractivity contribution < 1.29 is 12.8 Å². The number of hydrogen-bond acceptors (Lipinski definition) is 3. The Morgan fingerprint density at radius 1 is 1.10 bits per heavy atom. The van der Waals surface area contributed by atoms with E-state index in [1.54, 1.807) is 6.07 Å². The van der Waals surface area contributed by atoms with Crippen molar-refractivity contribution in [1.82, 2.24) is 0 Å². The molecular weight excluding hydrogens is 301 g/mol. The molecule has 20 heavy (non-hydrogen) atoms. The molecule has 0 unspecified atom stereocenters. The summed E-state index contributed by atoms with van der Waals surface area (Å²) in [6.45, 7) is -0.202. The molecule has 0 amide bonds. The standard InChI is InChI=1S/C14H13ClFNO2S/c15-10-5-7-11(8-6-10)20(18,19)14(9-17)12-3-1-2-4-13(12)16/h1-8,14H,9,17H2/t14-/m0/s1. The summed E-state index contributed by atoms with van der Waals surface area (Å²) in [5, 5.41) is -0.691. The highest BCUT2D eigenvalue weighted by molar-refractivity contribution is 7.91. The van der Waals surface area contributed by atoms with Crippen LogP contribution in [0.3, 0.4) is 0 Å². The number of nitrogens with two attached hydrogens (primary N) is 1. The summed E-state index contributed by atoms with van der Waals surface area (Å²) in [5.41, 5.74) is 5.63. The minimum Gasteiger partial charge on any atom is -0.329 e. The van der Waals surface area contributed by atoms with Crippen molar-refractivity contribution in [3.05, 3.63) is 64.9 Å². The molecule has 2 N–H and O–H groups in total. The van der Waals surface area contributed by atoms with Crippen molar-refractivity contribution in [2.24, 2.45) is 5.73 Å². The monoisotopic (exact) mass is 313 g/mol. The molecule has 0 radical (unpaired) electrons. The average molecular weight is 314 g/mol. The molecule has 0 heterocycles. The zero-order valence-electron chi connectivity index (χ0n) is 10.5. The van der Waals surface area contributed by atoms with Gasteiger partial charge < -0.3 is 5.73 Å². The highest BCUT2D eigenvalue weighted by atomic mass is 35.5. The molecule has 0 aromatic heterocycles. The fourth-order valence-corrected chi connectivity index (χ4v) is 3.69. The number of benzene rings is 2. The fourth-order valence-electron chi connectivity index (χ4n) is 1.95. The maximum absolute atomic E-state index is 13.8. The van der Waals surface area contributed by atoms with E-state index in [-0.39, 0.29) is 17.0 Å².